The van der Waals surface area contributed by atoms with Crippen LogP contribution in [0.4, 0.5) is 10.1 Å². The predicted octanol–water partition coefficient (Wildman–Crippen LogP) is 3.88. The summed E-state index contributed by atoms with van der Waals surface area (Å²) in [5, 5.41) is 14.6. The van der Waals surface area contributed by atoms with Gasteiger partial charge in [-0.3, -0.25) is 9.59 Å². The quantitative estimate of drug-likeness (QED) is 0.588. The Morgan fingerprint density at radius 3 is 2.72 bits per heavy atom. The molecule has 0 radical (unpaired) electrons. The highest BCUT2D eigenvalue weighted by Crippen LogP contribution is 2.17. The number of carbonyl (C=O) groups is 2. The van der Waals surface area contributed by atoms with Crippen LogP contribution in [0.5, 0.6) is 0 Å². The summed E-state index contributed by atoms with van der Waals surface area (Å²) in [4.78, 5) is 24.2. The number of nitrogens with zero attached hydrogens (tertiary/aromatic N) is 2. The SMILES string of the molecule is Cc1ccccc1NC(=O)c1nnc(CCCC(=O)NCc2cccc(F)c2)s1. The fourth-order valence-electron chi connectivity index (χ4n) is 2.67. The van der Waals surface area contributed by atoms with Gasteiger partial charge in [-0.1, -0.05) is 41.7 Å². The van der Waals surface area contributed by atoms with Crippen LogP contribution in [0.1, 0.15) is 38.8 Å². The van der Waals surface area contributed by atoms with Crippen LogP contribution in [0.3, 0.4) is 0 Å². The number of rotatable bonds is 8. The molecular formula is C21H21FN4O2S. The molecule has 0 atom stereocenters. The van der Waals surface area contributed by atoms with Crippen molar-refractivity contribution in [1.82, 2.24) is 15.5 Å². The first-order chi connectivity index (χ1) is 14.0. The lowest BCUT2D eigenvalue weighted by Gasteiger charge is -2.05. The molecule has 0 spiro atoms. The van der Waals surface area contributed by atoms with Gasteiger partial charge in [0.15, 0.2) is 0 Å². The van der Waals surface area contributed by atoms with E-state index in [2.05, 4.69) is 20.8 Å². The Labute approximate surface area is 172 Å². The number of nitrogens with one attached hydrogen (secondary N) is 2. The van der Waals surface area contributed by atoms with E-state index in [0.717, 1.165) is 11.3 Å². The number of aromatic nitrogens is 2. The monoisotopic (exact) mass is 412 g/mol. The van der Waals surface area contributed by atoms with Crippen molar-refractivity contribution in [3.63, 3.8) is 0 Å². The van der Waals surface area contributed by atoms with Gasteiger partial charge in [-0.25, -0.2) is 4.39 Å². The first kappa shape index (κ1) is 20.6. The van der Waals surface area contributed by atoms with Gasteiger partial charge < -0.3 is 10.6 Å². The van der Waals surface area contributed by atoms with Crippen LogP contribution >= 0.6 is 11.3 Å². The van der Waals surface area contributed by atoms with Gasteiger partial charge in [0.25, 0.3) is 5.91 Å². The maximum absolute atomic E-state index is 13.1. The van der Waals surface area contributed by atoms with Gasteiger partial charge in [-0.05, 0) is 42.7 Å². The second kappa shape index (κ2) is 9.88. The molecule has 0 aliphatic rings. The molecule has 0 aliphatic heterocycles. The van der Waals surface area contributed by atoms with Crippen LogP contribution in [0.15, 0.2) is 48.5 Å². The molecule has 8 heteroatoms. The van der Waals surface area contributed by atoms with Crippen molar-refractivity contribution in [3.05, 3.63) is 75.5 Å². The number of hydrogen-bond acceptors (Lipinski definition) is 5. The Bertz CT molecular complexity index is 1010. The number of para-hydroxylation sites is 1. The smallest absolute Gasteiger partial charge is 0.286 e. The molecule has 0 bridgehead atoms. The molecule has 0 unspecified atom stereocenters. The van der Waals surface area contributed by atoms with E-state index in [-0.39, 0.29) is 17.6 Å². The molecule has 0 fully saturated rings. The van der Waals surface area contributed by atoms with Gasteiger partial charge >= 0.3 is 0 Å². The van der Waals surface area contributed by atoms with Crippen molar-refractivity contribution < 1.29 is 14.0 Å². The number of amides is 2. The molecule has 0 aliphatic carbocycles. The molecule has 150 valence electrons. The minimum absolute atomic E-state index is 0.115. The van der Waals surface area contributed by atoms with Crippen molar-refractivity contribution in [2.24, 2.45) is 0 Å². The third-order valence-corrected chi connectivity index (χ3v) is 5.21. The van der Waals surface area contributed by atoms with E-state index in [9.17, 15) is 14.0 Å². The highest BCUT2D eigenvalue weighted by atomic mass is 32.1. The molecule has 0 saturated carbocycles. The van der Waals surface area contributed by atoms with E-state index >= 15 is 0 Å². The average Bonchev–Trinajstić information content (AvgIpc) is 3.17. The van der Waals surface area contributed by atoms with E-state index in [1.807, 2.05) is 31.2 Å². The van der Waals surface area contributed by atoms with Crippen LogP contribution in [0.2, 0.25) is 0 Å². The van der Waals surface area contributed by atoms with Gasteiger partial charge in [-0.15, -0.1) is 10.2 Å². The number of halogens is 1. The molecule has 2 aromatic carbocycles. The summed E-state index contributed by atoms with van der Waals surface area (Å²) in [5.74, 6) is -0.734. The highest BCUT2D eigenvalue weighted by Gasteiger charge is 2.14. The molecule has 2 N–H and O–H groups in total. The first-order valence-corrected chi connectivity index (χ1v) is 10.0. The fourth-order valence-corrected chi connectivity index (χ4v) is 3.45. The molecule has 2 amide bonds. The van der Waals surface area contributed by atoms with Crippen LogP contribution in [0, 0.1) is 12.7 Å². The van der Waals surface area contributed by atoms with Crippen molar-refractivity contribution in [2.45, 2.75) is 32.7 Å². The first-order valence-electron chi connectivity index (χ1n) is 9.22. The Balaban J connectivity index is 1.42. The van der Waals surface area contributed by atoms with Crippen molar-refractivity contribution >= 4 is 28.8 Å². The Morgan fingerprint density at radius 2 is 1.93 bits per heavy atom. The van der Waals surface area contributed by atoms with Gasteiger partial charge in [0.1, 0.15) is 10.8 Å². The Hall–Kier alpha value is -3.13. The minimum atomic E-state index is -0.324. The number of benzene rings is 2. The lowest BCUT2D eigenvalue weighted by atomic mass is 10.2. The second-order valence-electron chi connectivity index (χ2n) is 6.53. The average molecular weight is 412 g/mol. The van der Waals surface area contributed by atoms with E-state index in [0.29, 0.717) is 41.4 Å². The largest absolute Gasteiger partial charge is 0.352 e. The maximum atomic E-state index is 13.1. The maximum Gasteiger partial charge on any atom is 0.286 e. The summed E-state index contributed by atoms with van der Waals surface area (Å²) in [6, 6.07) is 13.6. The van der Waals surface area contributed by atoms with Crippen molar-refractivity contribution in [3.8, 4) is 0 Å². The van der Waals surface area contributed by atoms with Gasteiger partial charge in [0.05, 0.1) is 0 Å². The lowest BCUT2D eigenvalue weighted by molar-refractivity contribution is -0.121. The Kier molecular flexibility index (Phi) is 7.02. The fraction of sp³-hybridized carbons (Fsp3) is 0.238. The molecular weight excluding hydrogens is 391 g/mol. The lowest BCUT2D eigenvalue weighted by Crippen LogP contribution is -2.22. The van der Waals surface area contributed by atoms with Gasteiger partial charge in [-0.2, -0.15) is 0 Å². The zero-order valence-electron chi connectivity index (χ0n) is 15.9. The summed E-state index contributed by atoms with van der Waals surface area (Å²) in [6.45, 7) is 2.21. The van der Waals surface area contributed by atoms with Crippen LogP contribution < -0.4 is 10.6 Å². The van der Waals surface area contributed by atoms with Gasteiger partial charge in [0.2, 0.25) is 10.9 Å². The second-order valence-corrected chi connectivity index (χ2v) is 7.59. The van der Waals surface area contributed by atoms with Crippen molar-refractivity contribution in [1.29, 1.82) is 0 Å². The van der Waals surface area contributed by atoms with Crippen molar-refractivity contribution in [2.75, 3.05) is 5.32 Å². The molecule has 1 aromatic heterocycles. The summed E-state index contributed by atoms with van der Waals surface area (Å²) < 4.78 is 13.1. The summed E-state index contributed by atoms with van der Waals surface area (Å²) in [6.07, 6.45) is 1.46. The van der Waals surface area contributed by atoms with Crippen LogP contribution in [0.25, 0.3) is 0 Å². The zero-order valence-corrected chi connectivity index (χ0v) is 16.8. The van der Waals surface area contributed by atoms with Gasteiger partial charge in [0, 0.05) is 25.1 Å². The predicted molar refractivity (Wildman–Crippen MR) is 110 cm³/mol. The number of carbonyl (C=O) groups excluding carboxylic acids is 2. The highest BCUT2D eigenvalue weighted by molar-refractivity contribution is 7.13. The summed E-state index contributed by atoms with van der Waals surface area (Å²) in [7, 11) is 0. The standard InChI is InChI=1S/C21H21FN4O2S/c1-14-6-2-3-9-17(14)24-20(28)21-26-25-19(29-21)11-5-10-18(27)23-13-15-7-4-8-16(22)12-15/h2-4,6-9,12H,5,10-11,13H2,1H3,(H,23,27)(H,24,28). The number of hydrogen-bond donors (Lipinski definition) is 2. The zero-order chi connectivity index (χ0) is 20.6. The molecule has 3 aromatic rings. The summed E-state index contributed by atoms with van der Waals surface area (Å²) >= 11 is 1.22. The van der Waals surface area contributed by atoms with E-state index in [1.54, 1.807) is 12.1 Å². The third-order valence-electron chi connectivity index (χ3n) is 4.23. The van der Waals surface area contributed by atoms with E-state index in [4.69, 9.17) is 0 Å². The Morgan fingerprint density at radius 1 is 1.10 bits per heavy atom. The normalized spacial score (nSPS) is 10.6. The molecule has 0 saturated heterocycles. The summed E-state index contributed by atoms with van der Waals surface area (Å²) in [5.41, 5.74) is 2.42. The molecule has 1 heterocycles. The van der Waals surface area contributed by atoms with E-state index < -0.39 is 0 Å². The third kappa shape index (κ3) is 6.18. The minimum Gasteiger partial charge on any atom is -0.352 e. The molecule has 6 nitrogen and oxygen atoms in total. The van der Waals surface area contributed by atoms with Crippen LogP contribution in [-0.4, -0.2) is 22.0 Å². The molecule has 3 rings (SSSR count). The number of anilines is 1. The number of aryl methyl sites for hydroxylation is 2. The van der Waals surface area contributed by atoms with E-state index in [1.165, 1.54) is 23.5 Å². The van der Waals surface area contributed by atoms with Crippen LogP contribution in [-0.2, 0) is 17.8 Å². The topological polar surface area (TPSA) is 84.0 Å². The molecule has 29 heavy (non-hydrogen) atoms.